The Labute approximate surface area is 67.2 Å². The Balaban J connectivity index is 2.68. The second-order valence-corrected chi connectivity index (χ2v) is 2.23. The van der Waals surface area contributed by atoms with Crippen molar-refractivity contribution in [2.24, 2.45) is 5.73 Å². The van der Waals surface area contributed by atoms with Gasteiger partial charge in [-0.2, -0.15) is 0 Å². The molecule has 2 heterocycles. The Morgan fingerprint density at radius 1 is 1.58 bits per heavy atom. The highest BCUT2D eigenvalue weighted by Crippen LogP contribution is 2.10. The zero-order valence-corrected chi connectivity index (χ0v) is 6.02. The van der Waals surface area contributed by atoms with Gasteiger partial charge in [0.15, 0.2) is 5.58 Å². The Bertz CT molecular complexity index is 435. The lowest BCUT2D eigenvalue weighted by molar-refractivity contribution is 0.0991. The molecule has 0 fully saturated rings. The molecular weight excluding hydrogens is 158 g/mol. The largest absolute Gasteiger partial charge is 0.461 e. The van der Waals surface area contributed by atoms with E-state index in [0.29, 0.717) is 11.1 Å². The first kappa shape index (κ1) is 6.78. The average molecular weight is 163 g/mol. The Morgan fingerprint density at radius 2 is 2.42 bits per heavy atom. The van der Waals surface area contributed by atoms with E-state index in [9.17, 15) is 4.79 Å². The lowest BCUT2D eigenvalue weighted by Gasteiger charge is -1.91. The van der Waals surface area contributed by atoms with Gasteiger partial charge in [0.05, 0.1) is 12.5 Å². The third-order valence-electron chi connectivity index (χ3n) is 1.42. The predicted octanol–water partition coefficient (Wildman–Crippen LogP) is 0.322. The fraction of sp³-hybridized carbons (Fsp3) is 0. The molecule has 60 valence electrons. The Kier molecular flexibility index (Phi) is 1.30. The second-order valence-electron chi connectivity index (χ2n) is 2.23. The Hall–Kier alpha value is -1.91. The van der Waals surface area contributed by atoms with Crippen LogP contribution in [0.2, 0.25) is 0 Å². The lowest BCUT2D eigenvalue weighted by Crippen LogP contribution is -2.14. The Morgan fingerprint density at radius 3 is 3.17 bits per heavy atom. The number of nitrogens with two attached hydrogens (primary N) is 1. The number of aromatic nitrogens is 2. The summed E-state index contributed by atoms with van der Waals surface area (Å²) in [5.41, 5.74) is 6.10. The minimum Gasteiger partial charge on any atom is -0.461 e. The topological polar surface area (TPSA) is 82.0 Å². The highest BCUT2D eigenvalue weighted by atomic mass is 16.3. The number of hydrogen-bond donors (Lipinski definition) is 1. The number of furan rings is 1. The first-order valence-electron chi connectivity index (χ1n) is 3.27. The number of carbonyl (C=O) groups excluding carboxylic acids is 1. The molecule has 2 aromatic rings. The summed E-state index contributed by atoms with van der Waals surface area (Å²) in [4.78, 5) is 18.2. The van der Waals surface area contributed by atoms with Gasteiger partial charge in [0.2, 0.25) is 5.82 Å². The zero-order chi connectivity index (χ0) is 8.55. The SMILES string of the molecule is NC(=O)c1ncc2occc2n1. The molecule has 2 rings (SSSR count). The van der Waals surface area contributed by atoms with Crippen LogP contribution >= 0.6 is 0 Å². The maximum absolute atomic E-state index is 10.6. The highest BCUT2D eigenvalue weighted by molar-refractivity contribution is 5.90. The fourth-order valence-electron chi connectivity index (χ4n) is 0.885. The van der Waals surface area contributed by atoms with E-state index in [2.05, 4.69) is 9.97 Å². The van der Waals surface area contributed by atoms with Crippen molar-refractivity contribution in [1.82, 2.24) is 9.97 Å². The van der Waals surface area contributed by atoms with Crippen LogP contribution in [-0.4, -0.2) is 15.9 Å². The molecule has 12 heavy (non-hydrogen) atoms. The van der Waals surface area contributed by atoms with Crippen molar-refractivity contribution < 1.29 is 9.21 Å². The predicted molar refractivity (Wildman–Crippen MR) is 40.3 cm³/mol. The minimum atomic E-state index is -0.641. The first-order valence-corrected chi connectivity index (χ1v) is 3.27. The maximum Gasteiger partial charge on any atom is 0.286 e. The van der Waals surface area contributed by atoms with Crippen molar-refractivity contribution >= 4 is 17.0 Å². The summed E-state index contributed by atoms with van der Waals surface area (Å²) in [6.07, 6.45) is 2.90. The number of amides is 1. The molecule has 0 atom stereocenters. The third kappa shape index (κ3) is 0.914. The van der Waals surface area contributed by atoms with Crippen LogP contribution in [0.3, 0.4) is 0 Å². The number of rotatable bonds is 1. The van der Waals surface area contributed by atoms with Crippen LogP contribution < -0.4 is 5.73 Å². The van der Waals surface area contributed by atoms with Crippen LogP contribution in [0.15, 0.2) is 22.9 Å². The summed E-state index contributed by atoms with van der Waals surface area (Å²) in [7, 11) is 0. The van der Waals surface area contributed by atoms with Crippen molar-refractivity contribution in [2.45, 2.75) is 0 Å². The molecule has 0 aromatic carbocycles. The van der Waals surface area contributed by atoms with E-state index in [1.54, 1.807) is 6.07 Å². The van der Waals surface area contributed by atoms with E-state index in [1.165, 1.54) is 12.5 Å². The van der Waals surface area contributed by atoms with Gasteiger partial charge in [0, 0.05) is 6.07 Å². The molecule has 2 N–H and O–H groups in total. The standard InChI is InChI=1S/C7H5N3O2/c8-6(11)7-9-3-5-4(10-7)1-2-12-5/h1-3H,(H2,8,11). The number of hydrogen-bond acceptors (Lipinski definition) is 4. The monoisotopic (exact) mass is 163 g/mol. The molecular formula is C7H5N3O2. The molecule has 0 aliphatic carbocycles. The summed E-state index contributed by atoms with van der Waals surface area (Å²) in [5, 5.41) is 0. The van der Waals surface area contributed by atoms with Gasteiger partial charge in [-0.05, 0) is 0 Å². The second kappa shape index (κ2) is 2.30. The third-order valence-corrected chi connectivity index (χ3v) is 1.42. The van der Waals surface area contributed by atoms with Crippen LogP contribution in [0.1, 0.15) is 10.6 Å². The van der Waals surface area contributed by atoms with E-state index in [-0.39, 0.29) is 5.82 Å². The first-order chi connectivity index (χ1) is 5.77. The van der Waals surface area contributed by atoms with Gasteiger partial charge in [-0.3, -0.25) is 4.79 Å². The van der Waals surface area contributed by atoms with Gasteiger partial charge >= 0.3 is 0 Å². The van der Waals surface area contributed by atoms with Crippen molar-refractivity contribution in [2.75, 3.05) is 0 Å². The average Bonchev–Trinajstić information content (AvgIpc) is 2.49. The molecule has 0 saturated heterocycles. The van der Waals surface area contributed by atoms with E-state index in [4.69, 9.17) is 10.2 Å². The van der Waals surface area contributed by atoms with Crippen LogP contribution in [0.4, 0.5) is 0 Å². The summed E-state index contributed by atoms with van der Waals surface area (Å²) >= 11 is 0. The molecule has 1 amide bonds. The molecule has 5 nitrogen and oxygen atoms in total. The molecule has 0 radical (unpaired) electrons. The van der Waals surface area contributed by atoms with E-state index >= 15 is 0 Å². The molecule has 0 aliphatic heterocycles. The zero-order valence-electron chi connectivity index (χ0n) is 6.02. The van der Waals surface area contributed by atoms with Gasteiger partial charge in [0.25, 0.3) is 5.91 Å². The van der Waals surface area contributed by atoms with Crippen LogP contribution in [0, 0.1) is 0 Å². The molecule has 2 aromatic heterocycles. The lowest BCUT2D eigenvalue weighted by atomic mass is 10.4. The number of fused-ring (bicyclic) bond motifs is 1. The van der Waals surface area contributed by atoms with Crippen LogP contribution in [0.5, 0.6) is 0 Å². The summed E-state index contributed by atoms with van der Waals surface area (Å²) in [6, 6.07) is 1.64. The van der Waals surface area contributed by atoms with Crippen molar-refractivity contribution in [3.05, 3.63) is 24.4 Å². The molecule has 0 spiro atoms. The van der Waals surface area contributed by atoms with Gasteiger partial charge in [0.1, 0.15) is 5.52 Å². The van der Waals surface area contributed by atoms with E-state index in [1.807, 2.05) is 0 Å². The van der Waals surface area contributed by atoms with Crippen molar-refractivity contribution in [1.29, 1.82) is 0 Å². The van der Waals surface area contributed by atoms with Crippen molar-refractivity contribution in [3.63, 3.8) is 0 Å². The molecule has 0 aliphatic rings. The number of nitrogens with zero attached hydrogens (tertiary/aromatic N) is 2. The molecule has 5 heteroatoms. The number of primary amides is 1. The highest BCUT2D eigenvalue weighted by Gasteiger charge is 2.05. The summed E-state index contributed by atoms with van der Waals surface area (Å²) in [6.45, 7) is 0. The smallest absolute Gasteiger partial charge is 0.286 e. The maximum atomic E-state index is 10.6. The van der Waals surface area contributed by atoms with Gasteiger partial charge < -0.3 is 10.2 Å². The van der Waals surface area contributed by atoms with E-state index < -0.39 is 5.91 Å². The minimum absolute atomic E-state index is 0.00361. The molecule has 0 bridgehead atoms. The summed E-state index contributed by atoms with van der Waals surface area (Å²) in [5.74, 6) is -0.637. The van der Waals surface area contributed by atoms with Crippen LogP contribution in [-0.2, 0) is 0 Å². The summed E-state index contributed by atoms with van der Waals surface area (Å²) < 4.78 is 4.98. The number of carbonyl (C=O) groups is 1. The van der Waals surface area contributed by atoms with Crippen molar-refractivity contribution in [3.8, 4) is 0 Å². The van der Waals surface area contributed by atoms with Gasteiger partial charge in [-0.1, -0.05) is 0 Å². The molecule has 0 unspecified atom stereocenters. The van der Waals surface area contributed by atoms with Gasteiger partial charge in [-0.25, -0.2) is 9.97 Å². The fourth-order valence-corrected chi connectivity index (χ4v) is 0.885. The van der Waals surface area contributed by atoms with Gasteiger partial charge in [-0.15, -0.1) is 0 Å². The van der Waals surface area contributed by atoms with Crippen LogP contribution in [0.25, 0.3) is 11.1 Å². The quantitative estimate of drug-likeness (QED) is 0.656. The normalized spacial score (nSPS) is 10.3. The molecule has 0 saturated carbocycles. The van der Waals surface area contributed by atoms with E-state index in [0.717, 1.165) is 0 Å².